The number of fused-ring (bicyclic) bond motifs is 1. The summed E-state index contributed by atoms with van der Waals surface area (Å²) < 4.78 is 0. The number of ketones is 1. The molecule has 2 aliphatic carbocycles. The minimum Gasteiger partial charge on any atom is -0.399 e. The van der Waals surface area contributed by atoms with Crippen LogP contribution in [0.15, 0.2) is 29.0 Å². The van der Waals surface area contributed by atoms with Crippen LogP contribution >= 0.6 is 0 Å². The molecule has 0 aliphatic heterocycles. The monoisotopic (exact) mass is 331 g/mol. The van der Waals surface area contributed by atoms with Gasteiger partial charge in [-0.25, -0.2) is 0 Å². The third-order valence-corrected chi connectivity index (χ3v) is 5.76. The largest absolute Gasteiger partial charge is 0.399 e. The van der Waals surface area contributed by atoms with Crippen molar-refractivity contribution in [3.63, 3.8) is 0 Å². The Balaban J connectivity index is 2.05. The van der Waals surface area contributed by atoms with Crippen molar-refractivity contribution in [3.05, 3.63) is 23.8 Å². The highest BCUT2D eigenvalue weighted by Gasteiger charge is 2.47. The second kappa shape index (κ2) is 7.25. The minimum atomic E-state index is -0.0325. The van der Waals surface area contributed by atoms with Crippen molar-refractivity contribution in [2.24, 2.45) is 27.8 Å². The lowest BCUT2D eigenvalue weighted by Crippen LogP contribution is -2.36. The van der Waals surface area contributed by atoms with E-state index in [4.69, 9.17) is 4.84 Å². The van der Waals surface area contributed by atoms with Crippen LogP contribution in [0.25, 0.3) is 0 Å². The van der Waals surface area contributed by atoms with Crippen LogP contribution < -0.4 is 0 Å². The summed E-state index contributed by atoms with van der Waals surface area (Å²) in [6.07, 6.45) is 11.5. The van der Waals surface area contributed by atoms with Gasteiger partial charge in [0.1, 0.15) is 12.9 Å². The molecule has 0 bridgehead atoms. The summed E-state index contributed by atoms with van der Waals surface area (Å²) >= 11 is 0. The number of carbonyl (C=O) groups excluding carboxylic acids is 1. The molecule has 2 rings (SSSR count). The van der Waals surface area contributed by atoms with E-state index in [1.165, 1.54) is 5.57 Å². The first-order valence-corrected chi connectivity index (χ1v) is 9.21. The number of nitrogens with zero attached hydrogens (tertiary/aromatic N) is 1. The molecule has 0 aromatic carbocycles. The molecule has 0 amide bonds. The predicted octanol–water partition coefficient (Wildman–Crippen LogP) is 5.32. The molecule has 3 heteroatoms. The van der Waals surface area contributed by atoms with E-state index in [0.717, 1.165) is 37.8 Å². The maximum atomic E-state index is 12.3. The molecule has 0 heterocycles. The molecule has 1 saturated carbocycles. The maximum Gasteiger partial charge on any atom is 0.137 e. The van der Waals surface area contributed by atoms with Crippen molar-refractivity contribution in [3.8, 4) is 0 Å². The van der Waals surface area contributed by atoms with Crippen molar-refractivity contribution >= 4 is 11.5 Å². The zero-order valence-electron chi connectivity index (χ0n) is 16.2. The summed E-state index contributed by atoms with van der Waals surface area (Å²) in [7, 11) is 1.59. The smallest absolute Gasteiger partial charge is 0.137 e. The van der Waals surface area contributed by atoms with Crippen molar-refractivity contribution in [2.75, 3.05) is 7.11 Å². The van der Waals surface area contributed by atoms with Crippen molar-refractivity contribution in [1.82, 2.24) is 0 Å². The van der Waals surface area contributed by atoms with Gasteiger partial charge < -0.3 is 4.84 Å². The van der Waals surface area contributed by atoms with E-state index < -0.39 is 0 Å². The van der Waals surface area contributed by atoms with E-state index >= 15 is 0 Å². The lowest BCUT2D eigenvalue weighted by atomic mass is 9.63. The highest BCUT2D eigenvalue weighted by Crippen LogP contribution is 2.53. The lowest BCUT2D eigenvalue weighted by molar-refractivity contribution is -0.128. The summed E-state index contributed by atoms with van der Waals surface area (Å²) in [4.78, 5) is 17.2. The molecule has 0 N–H and O–H groups in total. The second-order valence-corrected chi connectivity index (χ2v) is 8.63. The average Bonchev–Trinajstić information content (AvgIpc) is 2.83. The lowest BCUT2D eigenvalue weighted by Gasteiger charge is -2.40. The molecule has 3 unspecified atom stereocenters. The van der Waals surface area contributed by atoms with Gasteiger partial charge in [-0.3, -0.25) is 4.79 Å². The van der Waals surface area contributed by atoms with Gasteiger partial charge in [0.2, 0.25) is 0 Å². The first kappa shape index (κ1) is 19.0. The van der Waals surface area contributed by atoms with Crippen LogP contribution in [0, 0.1) is 22.7 Å². The number of hydrogen-bond donors (Lipinski definition) is 0. The van der Waals surface area contributed by atoms with Gasteiger partial charge in [0, 0.05) is 17.8 Å². The molecule has 0 aromatic heterocycles. The first-order chi connectivity index (χ1) is 11.2. The Morgan fingerprint density at radius 2 is 2.21 bits per heavy atom. The van der Waals surface area contributed by atoms with Gasteiger partial charge in [0.25, 0.3) is 0 Å². The number of hydrogen-bond acceptors (Lipinski definition) is 3. The molecular weight excluding hydrogens is 298 g/mol. The van der Waals surface area contributed by atoms with Gasteiger partial charge in [0.05, 0.1) is 5.71 Å². The summed E-state index contributed by atoms with van der Waals surface area (Å²) in [6, 6.07) is 0. The molecule has 0 saturated heterocycles. The van der Waals surface area contributed by atoms with Gasteiger partial charge in [-0.2, -0.15) is 0 Å². The summed E-state index contributed by atoms with van der Waals surface area (Å²) in [5.41, 5.74) is 2.51. The molecule has 0 radical (unpaired) electrons. The zero-order valence-corrected chi connectivity index (χ0v) is 16.2. The highest BCUT2D eigenvalue weighted by atomic mass is 16.6. The van der Waals surface area contributed by atoms with Gasteiger partial charge in [-0.15, -0.1) is 0 Å². The third-order valence-electron chi connectivity index (χ3n) is 5.76. The maximum absolute atomic E-state index is 12.3. The third kappa shape index (κ3) is 3.81. The quantitative estimate of drug-likeness (QED) is 0.388. The van der Waals surface area contributed by atoms with E-state index in [0.29, 0.717) is 11.7 Å². The number of Topliss-reactive ketones (excluding diaryl/α,β-unsaturated/α-hetero) is 1. The first-order valence-electron chi connectivity index (χ1n) is 9.21. The number of allylic oxidation sites excluding steroid dienone is 4. The summed E-state index contributed by atoms with van der Waals surface area (Å²) in [5, 5.41) is 4.15. The van der Waals surface area contributed by atoms with Crippen LogP contribution in [0.1, 0.15) is 66.7 Å². The Bertz CT molecular complexity index is 565. The molecule has 134 valence electrons. The molecule has 0 aromatic rings. The van der Waals surface area contributed by atoms with Crippen LogP contribution in [0.3, 0.4) is 0 Å². The van der Waals surface area contributed by atoms with Crippen molar-refractivity contribution < 1.29 is 9.63 Å². The van der Waals surface area contributed by atoms with E-state index in [-0.39, 0.29) is 16.7 Å². The predicted molar refractivity (Wildman–Crippen MR) is 100.0 cm³/mol. The van der Waals surface area contributed by atoms with E-state index in [1.54, 1.807) is 7.11 Å². The van der Waals surface area contributed by atoms with Crippen molar-refractivity contribution in [2.45, 2.75) is 66.7 Å². The van der Waals surface area contributed by atoms with E-state index in [1.807, 2.05) is 0 Å². The van der Waals surface area contributed by atoms with Crippen LogP contribution in [0.4, 0.5) is 0 Å². The summed E-state index contributed by atoms with van der Waals surface area (Å²) in [6.45, 7) is 11.0. The Kier molecular flexibility index (Phi) is 5.72. The van der Waals surface area contributed by atoms with Gasteiger partial charge in [0.15, 0.2) is 0 Å². The van der Waals surface area contributed by atoms with Gasteiger partial charge >= 0.3 is 0 Å². The van der Waals surface area contributed by atoms with Crippen LogP contribution in [0.2, 0.25) is 0 Å². The fourth-order valence-electron chi connectivity index (χ4n) is 4.34. The Hall–Kier alpha value is -1.38. The molecule has 3 atom stereocenters. The normalized spacial score (nSPS) is 29.6. The van der Waals surface area contributed by atoms with Crippen molar-refractivity contribution in [1.29, 1.82) is 0 Å². The van der Waals surface area contributed by atoms with Crippen LogP contribution in [0.5, 0.6) is 0 Å². The van der Waals surface area contributed by atoms with E-state index in [2.05, 4.69) is 58.0 Å². The Morgan fingerprint density at radius 1 is 1.50 bits per heavy atom. The second-order valence-electron chi connectivity index (χ2n) is 8.63. The molecule has 3 nitrogen and oxygen atoms in total. The van der Waals surface area contributed by atoms with Crippen LogP contribution in [-0.2, 0) is 9.63 Å². The molecule has 2 aliphatic rings. The average molecular weight is 332 g/mol. The van der Waals surface area contributed by atoms with Crippen LogP contribution in [-0.4, -0.2) is 18.6 Å². The molecule has 24 heavy (non-hydrogen) atoms. The Morgan fingerprint density at radius 3 is 2.83 bits per heavy atom. The SMILES string of the molecule is CO/N=C(\C=C\CC(C)C1=CCC2C(=O)CCCC12C)C(C)(C)C. The number of carbonyl (C=O) groups is 1. The fourth-order valence-corrected chi connectivity index (χ4v) is 4.34. The molecule has 0 spiro atoms. The molecular formula is C21H33NO2. The fraction of sp³-hybridized carbons (Fsp3) is 0.714. The Labute approximate surface area is 147 Å². The topological polar surface area (TPSA) is 38.7 Å². The number of oxime groups is 1. The zero-order chi connectivity index (χ0) is 18.0. The van der Waals surface area contributed by atoms with E-state index in [9.17, 15) is 4.79 Å². The molecule has 1 fully saturated rings. The summed E-state index contributed by atoms with van der Waals surface area (Å²) in [5.74, 6) is 1.17. The van der Waals surface area contributed by atoms with Gasteiger partial charge in [-0.1, -0.05) is 57.5 Å². The highest BCUT2D eigenvalue weighted by molar-refractivity contribution is 5.98. The van der Waals surface area contributed by atoms with Gasteiger partial charge in [-0.05, 0) is 43.1 Å². The minimum absolute atomic E-state index is 0.0325. The standard InChI is InChI=1S/C21H33NO2/c1-15(9-7-11-19(22-24-6)20(2,3)4)16-12-13-17-18(23)10-8-14-21(16,17)5/h7,11-12,15,17H,8-10,13-14H2,1-6H3/b11-7+,22-19+. The number of rotatable bonds is 5.